The highest BCUT2D eigenvalue weighted by molar-refractivity contribution is 6.37. The van der Waals surface area contributed by atoms with E-state index >= 15 is 0 Å². The SMILES string of the molecule is O=C(N[C@@H](CCO)C(O)c1ccccn1)c1cccc(Cl)c1C1=NCC(c2ccc(F)cc2)=C1. The fraction of sp³-hybridized carbons (Fsp3) is 0.192. The number of amides is 1. The number of aromatic nitrogens is 1. The number of halogens is 2. The largest absolute Gasteiger partial charge is 0.396 e. The second-order valence-electron chi connectivity index (χ2n) is 7.83. The van der Waals surface area contributed by atoms with Gasteiger partial charge in [0.05, 0.1) is 34.6 Å². The molecule has 1 aromatic heterocycles. The Hall–Kier alpha value is -3.39. The van der Waals surface area contributed by atoms with Crippen LogP contribution in [0.1, 0.15) is 39.7 Å². The molecule has 0 aliphatic carbocycles. The van der Waals surface area contributed by atoms with Gasteiger partial charge in [0.15, 0.2) is 0 Å². The summed E-state index contributed by atoms with van der Waals surface area (Å²) in [5, 5.41) is 23.4. The van der Waals surface area contributed by atoms with Crippen LogP contribution in [0.5, 0.6) is 0 Å². The third kappa shape index (κ3) is 5.22. The fourth-order valence-electron chi connectivity index (χ4n) is 3.84. The molecule has 0 spiro atoms. The molecule has 1 unspecified atom stereocenters. The zero-order valence-electron chi connectivity index (χ0n) is 18.2. The molecule has 1 aliphatic rings. The topological polar surface area (TPSA) is 94.8 Å². The van der Waals surface area contributed by atoms with E-state index in [4.69, 9.17) is 11.6 Å². The van der Waals surface area contributed by atoms with Gasteiger partial charge in [-0.05, 0) is 60.0 Å². The third-order valence-electron chi connectivity index (χ3n) is 5.59. The molecular formula is C26H23ClFN3O3. The van der Waals surface area contributed by atoms with Crippen molar-refractivity contribution in [2.75, 3.05) is 13.2 Å². The number of carbonyl (C=O) groups excluding carboxylic acids is 1. The lowest BCUT2D eigenvalue weighted by molar-refractivity contribution is 0.0778. The fourth-order valence-corrected chi connectivity index (χ4v) is 4.11. The highest BCUT2D eigenvalue weighted by atomic mass is 35.5. The van der Waals surface area contributed by atoms with Crippen molar-refractivity contribution in [1.29, 1.82) is 0 Å². The van der Waals surface area contributed by atoms with E-state index in [1.807, 2.05) is 6.08 Å². The lowest BCUT2D eigenvalue weighted by atomic mass is 9.98. The Morgan fingerprint density at radius 2 is 1.91 bits per heavy atom. The van der Waals surface area contributed by atoms with Gasteiger partial charge in [-0.25, -0.2) is 4.39 Å². The molecule has 174 valence electrons. The molecule has 2 aromatic carbocycles. The molecule has 8 heteroatoms. The van der Waals surface area contributed by atoms with E-state index in [9.17, 15) is 19.4 Å². The van der Waals surface area contributed by atoms with E-state index in [1.54, 1.807) is 54.7 Å². The summed E-state index contributed by atoms with van der Waals surface area (Å²) >= 11 is 6.49. The van der Waals surface area contributed by atoms with Crippen molar-refractivity contribution in [3.05, 3.63) is 106 Å². The minimum absolute atomic E-state index is 0.134. The summed E-state index contributed by atoms with van der Waals surface area (Å²) in [4.78, 5) is 22.0. The maximum absolute atomic E-state index is 13.3. The van der Waals surface area contributed by atoms with Crippen molar-refractivity contribution in [2.45, 2.75) is 18.6 Å². The number of allylic oxidation sites excluding steroid dienone is 1. The Balaban J connectivity index is 1.61. The first-order chi connectivity index (χ1) is 16.5. The normalized spacial score (nSPS) is 14.8. The summed E-state index contributed by atoms with van der Waals surface area (Å²) in [7, 11) is 0. The summed E-state index contributed by atoms with van der Waals surface area (Å²) in [6, 6.07) is 15.4. The van der Waals surface area contributed by atoms with Gasteiger partial charge in [0, 0.05) is 18.4 Å². The Bertz CT molecular complexity index is 1230. The first-order valence-corrected chi connectivity index (χ1v) is 11.2. The number of hydrogen-bond acceptors (Lipinski definition) is 5. The van der Waals surface area contributed by atoms with Crippen LogP contribution in [0.4, 0.5) is 4.39 Å². The molecule has 3 aromatic rings. The number of nitrogens with zero attached hydrogens (tertiary/aromatic N) is 2. The highest BCUT2D eigenvalue weighted by Crippen LogP contribution is 2.28. The minimum atomic E-state index is -1.10. The Morgan fingerprint density at radius 1 is 1.12 bits per heavy atom. The first kappa shape index (κ1) is 23.8. The van der Waals surface area contributed by atoms with Gasteiger partial charge in [0.2, 0.25) is 0 Å². The molecule has 6 nitrogen and oxygen atoms in total. The van der Waals surface area contributed by atoms with Crippen molar-refractivity contribution in [2.24, 2.45) is 4.99 Å². The molecule has 1 aliphatic heterocycles. The van der Waals surface area contributed by atoms with Crippen LogP contribution < -0.4 is 5.32 Å². The van der Waals surface area contributed by atoms with Gasteiger partial charge in [-0.3, -0.25) is 14.8 Å². The monoisotopic (exact) mass is 479 g/mol. The minimum Gasteiger partial charge on any atom is -0.396 e. The molecule has 0 fully saturated rings. The molecule has 4 rings (SSSR count). The summed E-state index contributed by atoms with van der Waals surface area (Å²) in [5.74, 6) is -0.781. The van der Waals surface area contributed by atoms with E-state index in [0.29, 0.717) is 34.1 Å². The second kappa shape index (κ2) is 10.7. The average molecular weight is 480 g/mol. The zero-order chi connectivity index (χ0) is 24.1. The van der Waals surface area contributed by atoms with Crippen molar-refractivity contribution in [3.8, 4) is 0 Å². The quantitative estimate of drug-likeness (QED) is 0.455. The smallest absolute Gasteiger partial charge is 0.252 e. The number of aliphatic hydroxyl groups is 2. The van der Waals surface area contributed by atoms with Crippen LogP contribution in [0.2, 0.25) is 5.02 Å². The lowest BCUT2D eigenvalue weighted by Gasteiger charge is -2.24. The Kier molecular flexibility index (Phi) is 7.47. The van der Waals surface area contributed by atoms with Gasteiger partial charge in [0.1, 0.15) is 11.9 Å². The number of benzene rings is 2. The summed E-state index contributed by atoms with van der Waals surface area (Å²) in [6.07, 6.45) is 2.41. The summed E-state index contributed by atoms with van der Waals surface area (Å²) in [5.41, 5.74) is 3.40. The van der Waals surface area contributed by atoms with Crippen LogP contribution in [-0.2, 0) is 0 Å². The van der Waals surface area contributed by atoms with E-state index in [-0.39, 0.29) is 18.8 Å². The molecule has 1 amide bonds. The number of aliphatic imine (C=N–C) groups is 1. The van der Waals surface area contributed by atoms with Crippen molar-refractivity contribution < 1.29 is 19.4 Å². The van der Waals surface area contributed by atoms with Crippen molar-refractivity contribution >= 4 is 28.8 Å². The van der Waals surface area contributed by atoms with E-state index in [1.165, 1.54) is 12.1 Å². The van der Waals surface area contributed by atoms with E-state index < -0.39 is 18.1 Å². The van der Waals surface area contributed by atoms with Crippen LogP contribution in [0.15, 0.2) is 77.9 Å². The van der Waals surface area contributed by atoms with Crippen LogP contribution in [-0.4, -0.2) is 46.0 Å². The average Bonchev–Trinajstić information content (AvgIpc) is 3.34. The van der Waals surface area contributed by atoms with Crippen LogP contribution >= 0.6 is 11.6 Å². The van der Waals surface area contributed by atoms with Crippen molar-refractivity contribution in [1.82, 2.24) is 10.3 Å². The number of nitrogens with one attached hydrogen (secondary N) is 1. The van der Waals surface area contributed by atoms with Gasteiger partial charge in [0.25, 0.3) is 5.91 Å². The van der Waals surface area contributed by atoms with Gasteiger partial charge < -0.3 is 15.5 Å². The maximum atomic E-state index is 13.3. The molecule has 2 heterocycles. The van der Waals surface area contributed by atoms with Crippen LogP contribution in [0.3, 0.4) is 0 Å². The van der Waals surface area contributed by atoms with Gasteiger partial charge >= 0.3 is 0 Å². The van der Waals surface area contributed by atoms with Gasteiger partial charge in [-0.15, -0.1) is 0 Å². The number of pyridine rings is 1. The van der Waals surface area contributed by atoms with Crippen molar-refractivity contribution in [3.63, 3.8) is 0 Å². The molecule has 34 heavy (non-hydrogen) atoms. The van der Waals surface area contributed by atoms with Crippen LogP contribution in [0.25, 0.3) is 5.57 Å². The van der Waals surface area contributed by atoms with Crippen LogP contribution in [0, 0.1) is 5.82 Å². The molecule has 0 saturated carbocycles. The lowest BCUT2D eigenvalue weighted by Crippen LogP contribution is -2.40. The van der Waals surface area contributed by atoms with Gasteiger partial charge in [-0.2, -0.15) is 0 Å². The first-order valence-electron chi connectivity index (χ1n) is 10.8. The maximum Gasteiger partial charge on any atom is 0.252 e. The molecule has 3 N–H and O–H groups in total. The summed E-state index contributed by atoms with van der Waals surface area (Å²) < 4.78 is 13.3. The second-order valence-corrected chi connectivity index (χ2v) is 8.24. The standard InChI is InChI=1S/C26H23ClFN3O3/c27-20-5-3-4-19(24(20)23-14-17(15-30-23)16-7-9-18(28)10-8-16)26(34)31-22(11-13-32)25(33)21-6-1-2-12-29-21/h1-10,12,14,22,25,32-33H,11,13,15H2,(H,31,34)/t22-,25?/m0/s1. The molecule has 2 atom stereocenters. The Morgan fingerprint density at radius 3 is 2.62 bits per heavy atom. The summed E-state index contributed by atoms with van der Waals surface area (Å²) in [6.45, 7) is 0.145. The molecule has 0 saturated heterocycles. The highest BCUT2D eigenvalue weighted by Gasteiger charge is 2.27. The molecule has 0 radical (unpaired) electrons. The number of hydrogen-bond donors (Lipinski definition) is 3. The third-order valence-corrected chi connectivity index (χ3v) is 5.90. The predicted octanol–water partition coefficient (Wildman–Crippen LogP) is 3.97. The number of aliphatic hydroxyl groups excluding tert-OH is 2. The number of carbonyl (C=O) groups is 1. The Labute approximate surface area is 201 Å². The molecule has 0 bridgehead atoms. The van der Waals surface area contributed by atoms with Gasteiger partial charge in [-0.1, -0.05) is 35.9 Å². The molecular weight excluding hydrogens is 457 g/mol. The predicted molar refractivity (Wildman–Crippen MR) is 129 cm³/mol. The van der Waals surface area contributed by atoms with E-state index in [2.05, 4.69) is 15.3 Å². The van der Waals surface area contributed by atoms with E-state index in [0.717, 1.165) is 11.1 Å². The number of rotatable bonds is 8. The zero-order valence-corrected chi connectivity index (χ0v) is 18.9.